The second kappa shape index (κ2) is 12.8. The first-order chi connectivity index (χ1) is 15.3. The molecule has 1 aliphatic rings. The molecule has 0 saturated carbocycles. The lowest BCUT2D eigenvalue weighted by molar-refractivity contribution is -0.160. The third-order valence-corrected chi connectivity index (χ3v) is 5.44. The van der Waals surface area contributed by atoms with Crippen LogP contribution in [-0.4, -0.2) is 72.3 Å². The molecule has 1 aromatic rings. The molecular formula is C24H34N2O6. The van der Waals surface area contributed by atoms with E-state index in [1.807, 2.05) is 0 Å². The molecule has 0 bridgehead atoms. The third-order valence-electron chi connectivity index (χ3n) is 5.44. The van der Waals surface area contributed by atoms with Crippen LogP contribution in [0.25, 0.3) is 0 Å². The van der Waals surface area contributed by atoms with Crippen LogP contribution in [0.4, 0.5) is 0 Å². The molecule has 0 N–H and O–H groups in total. The Kier molecular flexibility index (Phi) is 10.2. The highest BCUT2D eigenvalue weighted by Gasteiger charge is 2.27. The number of rotatable bonds is 11. The Hall–Kier alpha value is -2.90. The fraction of sp³-hybridized carbons (Fsp3) is 0.583. The fourth-order valence-corrected chi connectivity index (χ4v) is 3.44. The van der Waals surface area contributed by atoms with Gasteiger partial charge in [-0.25, -0.2) is 0 Å². The lowest BCUT2D eigenvalue weighted by Gasteiger charge is -2.35. The van der Waals surface area contributed by atoms with Gasteiger partial charge in [0.1, 0.15) is 5.75 Å². The number of nitrogens with zero attached hydrogens (tertiary/aromatic N) is 2. The minimum absolute atomic E-state index is 0.00767. The molecule has 2 rings (SSSR count). The molecule has 32 heavy (non-hydrogen) atoms. The highest BCUT2D eigenvalue weighted by Crippen LogP contribution is 2.15. The van der Waals surface area contributed by atoms with Crippen molar-refractivity contribution in [1.82, 2.24) is 9.80 Å². The van der Waals surface area contributed by atoms with Crippen molar-refractivity contribution in [2.45, 2.75) is 59.0 Å². The lowest BCUT2D eigenvalue weighted by Crippen LogP contribution is -2.52. The number of hydrogen-bond donors (Lipinski definition) is 0. The molecule has 1 aliphatic heterocycles. The minimum Gasteiger partial charge on any atom is -0.494 e. The van der Waals surface area contributed by atoms with Gasteiger partial charge >= 0.3 is 5.97 Å². The average Bonchev–Trinajstić information content (AvgIpc) is 2.80. The van der Waals surface area contributed by atoms with E-state index < -0.39 is 12.1 Å². The van der Waals surface area contributed by atoms with Gasteiger partial charge in [-0.1, -0.05) is 19.8 Å². The van der Waals surface area contributed by atoms with Gasteiger partial charge in [0.25, 0.3) is 5.91 Å². The number of ether oxygens (including phenoxy) is 2. The summed E-state index contributed by atoms with van der Waals surface area (Å²) in [5.41, 5.74) is 0.506. The third kappa shape index (κ3) is 7.98. The van der Waals surface area contributed by atoms with Crippen LogP contribution in [0, 0.1) is 0 Å². The summed E-state index contributed by atoms with van der Waals surface area (Å²) in [7, 11) is 0. The Morgan fingerprint density at radius 2 is 1.56 bits per heavy atom. The number of carbonyl (C=O) groups is 4. The van der Waals surface area contributed by atoms with Gasteiger partial charge in [-0.3, -0.25) is 19.2 Å². The number of hydrogen-bond acceptors (Lipinski definition) is 6. The summed E-state index contributed by atoms with van der Waals surface area (Å²) in [6.45, 7) is 7.58. The number of ketones is 1. The van der Waals surface area contributed by atoms with Crippen LogP contribution in [0.2, 0.25) is 0 Å². The van der Waals surface area contributed by atoms with Crippen LogP contribution in [0.3, 0.4) is 0 Å². The summed E-state index contributed by atoms with van der Waals surface area (Å²) in [6, 6.07) is 6.89. The number of amides is 2. The van der Waals surface area contributed by atoms with Crippen LogP contribution in [0.1, 0.15) is 63.2 Å². The van der Waals surface area contributed by atoms with E-state index in [-0.39, 0.29) is 30.4 Å². The van der Waals surface area contributed by atoms with Crippen molar-refractivity contribution >= 4 is 23.6 Å². The van der Waals surface area contributed by atoms with Crippen molar-refractivity contribution in [2.24, 2.45) is 0 Å². The van der Waals surface area contributed by atoms with Crippen molar-refractivity contribution in [1.29, 1.82) is 0 Å². The molecule has 1 heterocycles. The summed E-state index contributed by atoms with van der Waals surface area (Å²) in [5, 5.41) is 0. The van der Waals surface area contributed by atoms with Crippen LogP contribution in [-0.2, 0) is 19.1 Å². The molecule has 1 fully saturated rings. The van der Waals surface area contributed by atoms with E-state index in [1.54, 1.807) is 34.1 Å². The summed E-state index contributed by atoms with van der Waals surface area (Å²) in [6.07, 6.45) is 2.23. The van der Waals surface area contributed by atoms with Gasteiger partial charge in [-0.2, -0.15) is 0 Å². The molecule has 1 aromatic carbocycles. The monoisotopic (exact) mass is 446 g/mol. The SMILES string of the molecule is CCCCCOc1ccc(C(=O)CCC(=O)OC(C)C(=O)N2CCN(C(C)=O)CC2)cc1. The van der Waals surface area contributed by atoms with Crippen molar-refractivity contribution in [3.05, 3.63) is 29.8 Å². The van der Waals surface area contributed by atoms with Crippen molar-refractivity contribution in [3.8, 4) is 5.75 Å². The van der Waals surface area contributed by atoms with Crippen molar-refractivity contribution in [3.63, 3.8) is 0 Å². The predicted octanol–water partition coefficient (Wildman–Crippen LogP) is 2.84. The zero-order valence-corrected chi connectivity index (χ0v) is 19.3. The second-order valence-electron chi connectivity index (χ2n) is 7.97. The summed E-state index contributed by atoms with van der Waals surface area (Å²) in [4.78, 5) is 51.6. The van der Waals surface area contributed by atoms with Crippen molar-refractivity contribution < 1.29 is 28.7 Å². The number of unbranched alkanes of at least 4 members (excludes halogenated alkanes) is 2. The van der Waals surface area contributed by atoms with E-state index in [0.29, 0.717) is 44.1 Å². The van der Waals surface area contributed by atoms with Gasteiger partial charge in [0, 0.05) is 45.1 Å². The highest BCUT2D eigenvalue weighted by molar-refractivity contribution is 5.97. The molecular weight excluding hydrogens is 412 g/mol. The maximum atomic E-state index is 12.5. The smallest absolute Gasteiger partial charge is 0.307 e. The number of carbonyl (C=O) groups excluding carboxylic acids is 4. The average molecular weight is 447 g/mol. The Bertz CT molecular complexity index is 784. The molecule has 1 saturated heterocycles. The van der Waals surface area contributed by atoms with Gasteiger partial charge in [0.05, 0.1) is 13.0 Å². The number of esters is 1. The normalized spacial score (nSPS) is 14.6. The zero-order valence-electron chi connectivity index (χ0n) is 19.3. The summed E-state index contributed by atoms with van der Waals surface area (Å²) >= 11 is 0. The fourth-order valence-electron chi connectivity index (χ4n) is 3.44. The molecule has 0 spiro atoms. The van der Waals surface area contributed by atoms with Crippen molar-refractivity contribution in [2.75, 3.05) is 32.8 Å². The Labute approximate surface area is 189 Å². The van der Waals surface area contributed by atoms with Gasteiger partial charge in [-0.15, -0.1) is 0 Å². The Balaban J connectivity index is 1.72. The summed E-state index contributed by atoms with van der Waals surface area (Å²) in [5.74, 6) is -0.345. The molecule has 8 nitrogen and oxygen atoms in total. The van der Waals surface area contributed by atoms with E-state index in [4.69, 9.17) is 9.47 Å². The topological polar surface area (TPSA) is 93.2 Å². The second-order valence-corrected chi connectivity index (χ2v) is 7.97. The van der Waals surface area contributed by atoms with Gasteiger partial charge < -0.3 is 19.3 Å². The van der Waals surface area contributed by atoms with E-state index >= 15 is 0 Å². The molecule has 176 valence electrons. The standard InChI is InChI=1S/C24H34N2O6/c1-4-5-6-17-31-21-9-7-20(8-10-21)22(28)11-12-23(29)32-18(2)24(30)26-15-13-25(14-16-26)19(3)27/h7-10,18H,4-6,11-17H2,1-3H3. The van der Waals surface area contributed by atoms with Crippen LogP contribution in [0.15, 0.2) is 24.3 Å². The Morgan fingerprint density at radius 1 is 0.938 bits per heavy atom. The molecule has 0 aliphatic carbocycles. The number of benzene rings is 1. The summed E-state index contributed by atoms with van der Waals surface area (Å²) < 4.78 is 10.9. The molecule has 0 radical (unpaired) electrons. The maximum Gasteiger partial charge on any atom is 0.307 e. The van der Waals surface area contributed by atoms with Gasteiger partial charge in [0.2, 0.25) is 5.91 Å². The lowest BCUT2D eigenvalue weighted by atomic mass is 10.1. The predicted molar refractivity (Wildman–Crippen MR) is 119 cm³/mol. The van der Waals surface area contributed by atoms with Gasteiger partial charge in [0.15, 0.2) is 11.9 Å². The highest BCUT2D eigenvalue weighted by atomic mass is 16.5. The Morgan fingerprint density at radius 3 is 2.16 bits per heavy atom. The molecule has 1 unspecified atom stereocenters. The van der Waals surface area contributed by atoms with Crippen LogP contribution in [0.5, 0.6) is 5.75 Å². The molecule has 2 amide bonds. The maximum absolute atomic E-state index is 12.5. The van der Waals surface area contributed by atoms with Crippen LogP contribution >= 0.6 is 0 Å². The zero-order chi connectivity index (χ0) is 23.5. The quantitative estimate of drug-likeness (QED) is 0.295. The van der Waals surface area contributed by atoms with E-state index in [9.17, 15) is 19.2 Å². The number of piperazine rings is 1. The number of Topliss-reactive ketones (excluding diaryl/α,β-unsaturated/α-hetero) is 1. The van der Waals surface area contributed by atoms with Gasteiger partial charge in [-0.05, 0) is 37.6 Å². The minimum atomic E-state index is -0.925. The first kappa shape index (κ1) is 25.4. The van der Waals surface area contributed by atoms with E-state index in [2.05, 4.69) is 6.92 Å². The molecule has 8 heteroatoms. The largest absolute Gasteiger partial charge is 0.494 e. The molecule has 1 atom stereocenters. The van der Waals surface area contributed by atoms with Crippen LogP contribution < -0.4 is 4.74 Å². The first-order valence-corrected chi connectivity index (χ1v) is 11.3. The van der Waals surface area contributed by atoms with E-state index in [1.165, 1.54) is 13.8 Å². The van der Waals surface area contributed by atoms with E-state index in [0.717, 1.165) is 19.3 Å². The molecule has 0 aromatic heterocycles. The first-order valence-electron chi connectivity index (χ1n) is 11.3.